The van der Waals surface area contributed by atoms with Crippen molar-refractivity contribution in [2.24, 2.45) is 0 Å². The Morgan fingerprint density at radius 1 is 1.15 bits per heavy atom. The maximum absolute atomic E-state index is 12.7. The van der Waals surface area contributed by atoms with Gasteiger partial charge in [0.2, 0.25) is 5.95 Å². The van der Waals surface area contributed by atoms with E-state index in [-0.39, 0.29) is 5.91 Å². The zero-order valence-corrected chi connectivity index (χ0v) is 15.7. The minimum Gasteiger partial charge on any atom is -0.309 e. The highest BCUT2D eigenvalue weighted by Gasteiger charge is 2.18. The van der Waals surface area contributed by atoms with Crippen LogP contribution in [0.15, 0.2) is 54.6 Å². The first-order valence-corrected chi connectivity index (χ1v) is 9.04. The molecule has 0 fully saturated rings. The predicted octanol–water partition coefficient (Wildman–Crippen LogP) is 4.46. The van der Waals surface area contributed by atoms with Gasteiger partial charge in [-0.05, 0) is 38.1 Å². The molecule has 0 bridgehead atoms. The van der Waals surface area contributed by atoms with Crippen molar-refractivity contribution in [2.75, 3.05) is 5.32 Å². The molecule has 7 heteroatoms. The normalized spacial score (nSPS) is 11.1. The van der Waals surface area contributed by atoms with E-state index >= 15 is 0 Å². The first kappa shape index (κ1) is 17.3. The lowest BCUT2D eigenvalue weighted by Gasteiger charge is -2.10. The molecule has 27 heavy (non-hydrogen) atoms. The predicted molar refractivity (Wildman–Crippen MR) is 107 cm³/mol. The SMILES string of the molecule is CCn1c(-n2nc(C)cc2NC(=O)c2ccccc2Cl)nc2ccccc21. The molecule has 6 nitrogen and oxygen atoms in total. The average molecular weight is 380 g/mol. The van der Waals surface area contributed by atoms with Gasteiger partial charge in [0, 0.05) is 12.6 Å². The first-order valence-electron chi connectivity index (χ1n) is 8.66. The number of halogens is 1. The quantitative estimate of drug-likeness (QED) is 0.569. The molecule has 1 amide bonds. The second-order valence-electron chi connectivity index (χ2n) is 6.16. The summed E-state index contributed by atoms with van der Waals surface area (Å²) in [4.78, 5) is 17.4. The molecule has 0 aliphatic carbocycles. The third-order valence-corrected chi connectivity index (χ3v) is 4.66. The number of rotatable bonds is 4. The second kappa shape index (κ2) is 6.89. The van der Waals surface area contributed by atoms with Gasteiger partial charge in [0.15, 0.2) is 0 Å². The minimum atomic E-state index is -0.291. The van der Waals surface area contributed by atoms with Crippen LogP contribution in [-0.2, 0) is 6.54 Å². The number of nitrogens with zero attached hydrogens (tertiary/aromatic N) is 4. The number of aromatic nitrogens is 4. The molecule has 2 aromatic carbocycles. The number of amides is 1. The van der Waals surface area contributed by atoms with Gasteiger partial charge in [-0.15, -0.1) is 0 Å². The van der Waals surface area contributed by atoms with Crippen LogP contribution in [0.25, 0.3) is 17.0 Å². The van der Waals surface area contributed by atoms with Gasteiger partial charge in [-0.1, -0.05) is 35.9 Å². The van der Waals surface area contributed by atoms with E-state index in [1.54, 1.807) is 28.9 Å². The van der Waals surface area contributed by atoms with E-state index in [1.165, 1.54) is 0 Å². The maximum Gasteiger partial charge on any atom is 0.258 e. The van der Waals surface area contributed by atoms with Gasteiger partial charge < -0.3 is 9.88 Å². The molecule has 2 heterocycles. The number of carbonyl (C=O) groups is 1. The van der Waals surface area contributed by atoms with Crippen LogP contribution in [0.1, 0.15) is 23.0 Å². The Bertz CT molecular complexity index is 1140. The molecule has 0 saturated carbocycles. The number of hydrogen-bond acceptors (Lipinski definition) is 3. The second-order valence-corrected chi connectivity index (χ2v) is 6.57. The molecular weight excluding hydrogens is 362 g/mol. The largest absolute Gasteiger partial charge is 0.309 e. The van der Waals surface area contributed by atoms with Crippen molar-refractivity contribution >= 4 is 34.4 Å². The standard InChI is InChI=1S/C20H18ClN5O/c1-3-25-17-11-7-6-10-16(17)22-20(25)26-18(12-13(2)24-26)23-19(27)14-8-4-5-9-15(14)21/h4-12H,3H2,1-2H3,(H,23,27). The molecule has 0 radical (unpaired) electrons. The van der Waals surface area contributed by atoms with E-state index in [0.717, 1.165) is 23.3 Å². The van der Waals surface area contributed by atoms with Crippen molar-refractivity contribution in [3.63, 3.8) is 0 Å². The van der Waals surface area contributed by atoms with Gasteiger partial charge in [-0.3, -0.25) is 4.79 Å². The van der Waals surface area contributed by atoms with E-state index in [4.69, 9.17) is 16.6 Å². The molecule has 0 spiro atoms. The number of nitrogens with one attached hydrogen (secondary N) is 1. The molecule has 0 aliphatic rings. The van der Waals surface area contributed by atoms with Crippen molar-refractivity contribution in [3.8, 4) is 5.95 Å². The zero-order chi connectivity index (χ0) is 19.0. The van der Waals surface area contributed by atoms with E-state index in [1.807, 2.05) is 37.3 Å². The number of aryl methyl sites for hydroxylation is 2. The van der Waals surface area contributed by atoms with Gasteiger partial charge in [0.1, 0.15) is 5.82 Å². The molecule has 0 saturated heterocycles. The first-order chi connectivity index (χ1) is 13.1. The Morgan fingerprint density at radius 2 is 1.89 bits per heavy atom. The Labute approximate surface area is 161 Å². The van der Waals surface area contributed by atoms with Crippen LogP contribution < -0.4 is 5.32 Å². The maximum atomic E-state index is 12.7. The number of imidazole rings is 1. The Morgan fingerprint density at radius 3 is 2.67 bits per heavy atom. The number of benzene rings is 2. The lowest BCUT2D eigenvalue weighted by atomic mass is 10.2. The van der Waals surface area contributed by atoms with E-state index < -0.39 is 0 Å². The van der Waals surface area contributed by atoms with E-state index in [2.05, 4.69) is 21.9 Å². The van der Waals surface area contributed by atoms with Crippen molar-refractivity contribution in [3.05, 3.63) is 70.9 Å². The van der Waals surface area contributed by atoms with E-state index in [0.29, 0.717) is 22.4 Å². The molecule has 2 aromatic heterocycles. The average Bonchev–Trinajstić information content (AvgIpc) is 3.21. The Balaban J connectivity index is 1.78. The lowest BCUT2D eigenvalue weighted by Crippen LogP contribution is -2.17. The summed E-state index contributed by atoms with van der Waals surface area (Å²) in [5.41, 5.74) is 3.09. The number of para-hydroxylation sites is 2. The fourth-order valence-corrected chi connectivity index (χ4v) is 3.33. The molecule has 0 atom stereocenters. The topological polar surface area (TPSA) is 64.7 Å². The van der Waals surface area contributed by atoms with Crippen molar-refractivity contribution in [1.29, 1.82) is 0 Å². The zero-order valence-electron chi connectivity index (χ0n) is 15.0. The number of fused-ring (bicyclic) bond motifs is 1. The molecule has 4 rings (SSSR count). The summed E-state index contributed by atoms with van der Waals surface area (Å²) >= 11 is 6.15. The van der Waals surface area contributed by atoms with Crippen LogP contribution in [0.3, 0.4) is 0 Å². The monoisotopic (exact) mass is 379 g/mol. The van der Waals surface area contributed by atoms with Crippen LogP contribution in [0, 0.1) is 6.92 Å². The smallest absolute Gasteiger partial charge is 0.258 e. The molecule has 0 aliphatic heterocycles. The molecular formula is C20H18ClN5O. The summed E-state index contributed by atoms with van der Waals surface area (Å²) in [6.45, 7) is 4.66. The third-order valence-electron chi connectivity index (χ3n) is 4.33. The number of anilines is 1. The Kier molecular flexibility index (Phi) is 4.41. The van der Waals surface area contributed by atoms with Crippen molar-refractivity contribution in [1.82, 2.24) is 19.3 Å². The summed E-state index contributed by atoms with van der Waals surface area (Å²) in [5.74, 6) is 0.907. The van der Waals surface area contributed by atoms with Crippen molar-refractivity contribution < 1.29 is 4.79 Å². The third kappa shape index (κ3) is 3.08. The van der Waals surface area contributed by atoms with Gasteiger partial charge in [0.05, 0.1) is 27.3 Å². The van der Waals surface area contributed by atoms with Gasteiger partial charge in [-0.25, -0.2) is 4.98 Å². The summed E-state index contributed by atoms with van der Waals surface area (Å²) in [6, 6.07) is 16.7. The summed E-state index contributed by atoms with van der Waals surface area (Å²) in [7, 11) is 0. The van der Waals surface area contributed by atoms with Gasteiger partial charge >= 0.3 is 0 Å². The molecule has 1 N–H and O–H groups in total. The summed E-state index contributed by atoms with van der Waals surface area (Å²) < 4.78 is 3.72. The number of carbonyl (C=O) groups excluding carboxylic acids is 1. The molecule has 136 valence electrons. The number of hydrogen-bond donors (Lipinski definition) is 1. The fraction of sp³-hybridized carbons (Fsp3) is 0.150. The van der Waals surface area contributed by atoms with Gasteiger partial charge in [0.25, 0.3) is 5.91 Å². The summed E-state index contributed by atoms with van der Waals surface area (Å²) in [5, 5.41) is 7.85. The van der Waals surface area contributed by atoms with Crippen LogP contribution in [0.5, 0.6) is 0 Å². The lowest BCUT2D eigenvalue weighted by molar-refractivity contribution is 0.102. The Hall–Kier alpha value is -3.12. The highest BCUT2D eigenvalue weighted by molar-refractivity contribution is 6.34. The van der Waals surface area contributed by atoms with Crippen LogP contribution in [-0.4, -0.2) is 25.2 Å². The fourth-order valence-electron chi connectivity index (χ4n) is 3.11. The van der Waals surface area contributed by atoms with Crippen molar-refractivity contribution in [2.45, 2.75) is 20.4 Å². The van der Waals surface area contributed by atoms with Gasteiger partial charge in [-0.2, -0.15) is 9.78 Å². The minimum absolute atomic E-state index is 0.291. The van der Waals surface area contributed by atoms with Crippen LogP contribution in [0.2, 0.25) is 5.02 Å². The molecule has 0 unspecified atom stereocenters. The highest BCUT2D eigenvalue weighted by Crippen LogP contribution is 2.23. The van der Waals surface area contributed by atoms with Crippen LogP contribution >= 0.6 is 11.6 Å². The van der Waals surface area contributed by atoms with Crippen LogP contribution in [0.4, 0.5) is 5.82 Å². The highest BCUT2D eigenvalue weighted by atomic mass is 35.5. The summed E-state index contributed by atoms with van der Waals surface area (Å²) in [6.07, 6.45) is 0. The van der Waals surface area contributed by atoms with E-state index in [9.17, 15) is 4.79 Å². The molecule has 4 aromatic rings.